The van der Waals surface area contributed by atoms with Crippen LogP contribution >= 0.6 is 22.9 Å². The zero-order chi connectivity index (χ0) is 13.7. The Kier molecular flexibility index (Phi) is 4.76. The maximum absolute atomic E-state index is 11.8. The summed E-state index contributed by atoms with van der Waals surface area (Å²) >= 11 is 7.21. The molecule has 0 unspecified atom stereocenters. The molecule has 2 aromatic rings. The highest BCUT2D eigenvalue weighted by molar-refractivity contribution is 7.12. The number of hydrogen-bond donors (Lipinski definition) is 1. The second-order valence-corrected chi connectivity index (χ2v) is 5.25. The molecule has 0 radical (unpaired) electrons. The number of thiophene rings is 1. The Labute approximate surface area is 120 Å². The van der Waals surface area contributed by atoms with Crippen molar-refractivity contribution in [2.75, 3.05) is 6.54 Å². The molecule has 2 aromatic heterocycles. The molecule has 1 amide bonds. The molecule has 100 valence electrons. The molecule has 0 bridgehead atoms. The topological polar surface area (TPSA) is 51.2 Å². The van der Waals surface area contributed by atoms with Crippen molar-refractivity contribution in [1.82, 2.24) is 10.3 Å². The molecule has 0 fully saturated rings. The van der Waals surface area contributed by atoms with E-state index in [1.54, 1.807) is 29.9 Å². The lowest BCUT2D eigenvalue weighted by atomic mass is 10.3. The van der Waals surface area contributed by atoms with Crippen molar-refractivity contribution in [3.05, 3.63) is 45.9 Å². The van der Waals surface area contributed by atoms with Crippen LogP contribution in [0, 0.1) is 0 Å². The van der Waals surface area contributed by atoms with Gasteiger partial charge in [0.1, 0.15) is 16.7 Å². The standard InChI is InChI=1S/C13H13ClN2O2S/c1-9(18-10-3-2-5-15-8-10)7-16-13(17)12-11(14)4-6-19-12/h2-6,8-9H,7H2,1H3,(H,16,17)/t9-/m0/s1. The Balaban J connectivity index is 1.82. The summed E-state index contributed by atoms with van der Waals surface area (Å²) in [6, 6.07) is 5.32. The fraction of sp³-hybridized carbons (Fsp3) is 0.231. The summed E-state index contributed by atoms with van der Waals surface area (Å²) in [5.74, 6) is 0.500. The number of nitrogens with zero attached hydrogens (tertiary/aromatic N) is 1. The third-order valence-corrected chi connectivity index (χ3v) is 3.69. The quantitative estimate of drug-likeness (QED) is 0.923. The van der Waals surface area contributed by atoms with Crippen molar-refractivity contribution < 1.29 is 9.53 Å². The van der Waals surface area contributed by atoms with Gasteiger partial charge in [-0.2, -0.15) is 0 Å². The van der Waals surface area contributed by atoms with Gasteiger partial charge < -0.3 is 10.1 Å². The monoisotopic (exact) mass is 296 g/mol. The molecule has 0 aliphatic heterocycles. The van der Waals surface area contributed by atoms with E-state index in [1.165, 1.54) is 11.3 Å². The van der Waals surface area contributed by atoms with Crippen molar-refractivity contribution in [3.63, 3.8) is 0 Å². The predicted octanol–water partition coefficient (Wildman–Crippen LogP) is 2.99. The normalized spacial score (nSPS) is 11.9. The highest BCUT2D eigenvalue weighted by Gasteiger charge is 2.13. The molecule has 0 spiro atoms. The molecule has 0 aliphatic carbocycles. The van der Waals surface area contributed by atoms with Crippen LogP contribution in [0.5, 0.6) is 5.75 Å². The first-order chi connectivity index (χ1) is 9.16. The second-order valence-electron chi connectivity index (χ2n) is 3.92. The lowest BCUT2D eigenvalue weighted by Crippen LogP contribution is -2.33. The van der Waals surface area contributed by atoms with Gasteiger partial charge in [-0.05, 0) is 30.5 Å². The average molecular weight is 297 g/mol. The summed E-state index contributed by atoms with van der Waals surface area (Å²) in [5, 5.41) is 5.05. The lowest BCUT2D eigenvalue weighted by Gasteiger charge is -2.14. The Morgan fingerprint density at radius 3 is 3.05 bits per heavy atom. The van der Waals surface area contributed by atoms with Gasteiger partial charge in [-0.3, -0.25) is 9.78 Å². The Morgan fingerprint density at radius 1 is 1.58 bits per heavy atom. The summed E-state index contributed by atoms with van der Waals surface area (Å²) in [6.07, 6.45) is 3.17. The molecule has 4 nitrogen and oxygen atoms in total. The fourth-order valence-corrected chi connectivity index (χ4v) is 2.52. The highest BCUT2D eigenvalue weighted by atomic mass is 35.5. The Hall–Kier alpha value is -1.59. The maximum atomic E-state index is 11.8. The molecule has 1 atom stereocenters. The second kappa shape index (κ2) is 6.54. The number of hydrogen-bond acceptors (Lipinski definition) is 4. The number of halogens is 1. The number of carbonyl (C=O) groups is 1. The molecule has 0 aromatic carbocycles. The predicted molar refractivity (Wildman–Crippen MR) is 76.0 cm³/mol. The van der Waals surface area contributed by atoms with Gasteiger partial charge in [0.05, 0.1) is 17.8 Å². The van der Waals surface area contributed by atoms with E-state index in [4.69, 9.17) is 16.3 Å². The van der Waals surface area contributed by atoms with E-state index in [0.29, 0.717) is 22.2 Å². The minimum absolute atomic E-state index is 0.146. The van der Waals surface area contributed by atoms with Gasteiger partial charge in [0.2, 0.25) is 0 Å². The zero-order valence-electron chi connectivity index (χ0n) is 10.3. The Bertz CT molecular complexity index is 545. The first-order valence-electron chi connectivity index (χ1n) is 5.74. The third-order valence-electron chi connectivity index (χ3n) is 2.35. The van der Waals surface area contributed by atoms with Gasteiger partial charge in [-0.15, -0.1) is 11.3 Å². The average Bonchev–Trinajstić information content (AvgIpc) is 2.83. The maximum Gasteiger partial charge on any atom is 0.263 e. The fourth-order valence-electron chi connectivity index (χ4n) is 1.46. The largest absolute Gasteiger partial charge is 0.487 e. The molecule has 19 heavy (non-hydrogen) atoms. The smallest absolute Gasteiger partial charge is 0.263 e. The van der Waals surface area contributed by atoms with E-state index in [2.05, 4.69) is 10.3 Å². The van der Waals surface area contributed by atoms with Crippen molar-refractivity contribution in [2.24, 2.45) is 0 Å². The molecule has 2 heterocycles. The van der Waals surface area contributed by atoms with Crippen molar-refractivity contribution >= 4 is 28.8 Å². The third kappa shape index (κ3) is 3.94. The van der Waals surface area contributed by atoms with Crippen LogP contribution in [0.1, 0.15) is 16.6 Å². The number of ether oxygens (including phenoxy) is 1. The van der Waals surface area contributed by atoms with Gasteiger partial charge in [0.25, 0.3) is 5.91 Å². The number of rotatable bonds is 5. The zero-order valence-corrected chi connectivity index (χ0v) is 11.9. The van der Waals surface area contributed by atoms with E-state index in [1.807, 2.05) is 13.0 Å². The number of aromatic nitrogens is 1. The van der Waals surface area contributed by atoms with E-state index in [0.717, 1.165) is 0 Å². The number of amides is 1. The number of pyridine rings is 1. The summed E-state index contributed by atoms with van der Waals surface area (Å²) in [4.78, 5) is 16.3. The van der Waals surface area contributed by atoms with Crippen LogP contribution in [0.25, 0.3) is 0 Å². The molecule has 6 heteroatoms. The Morgan fingerprint density at radius 2 is 2.42 bits per heavy atom. The van der Waals surface area contributed by atoms with Crippen LogP contribution in [0.4, 0.5) is 0 Å². The van der Waals surface area contributed by atoms with Gasteiger partial charge in [0, 0.05) is 6.20 Å². The van der Waals surface area contributed by atoms with E-state index in [-0.39, 0.29) is 12.0 Å². The molecule has 0 saturated carbocycles. The van der Waals surface area contributed by atoms with E-state index in [9.17, 15) is 4.79 Å². The first kappa shape index (κ1) is 13.8. The summed E-state index contributed by atoms with van der Waals surface area (Å²) in [6.45, 7) is 2.28. The minimum Gasteiger partial charge on any atom is -0.487 e. The van der Waals surface area contributed by atoms with Crippen LogP contribution in [-0.4, -0.2) is 23.5 Å². The molecule has 0 aliphatic rings. The van der Waals surface area contributed by atoms with Crippen LogP contribution in [0.2, 0.25) is 5.02 Å². The van der Waals surface area contributed by atoms with Crippen molar-refractivity contribution in [3.8, 4) is 5.75 Å². The van der Waals surface area contributed by atoms with Gasteiger partial charge in [0.15, 0.2) is 0 Å². The van der Waals surface area contributed by atoms with Crippen LogP contribution < -0.4 is 10.1 Å². The first-order valence-corrected chi connectivity index (χ1v) is 7.00. The van der Waals surface area contributed by atoms with Gasteiger partial charge in [-0.25, -0.2) is 0 Å². The molecule has 2 rings (SSSR count). The van der Waals surface area contributed by atoms with E-state index >= 15 is 0 Å². The van der Waals surface area contributed by atoms with Gasteiger partial charge >= 0.3 is 0 Å². The molecule has 1 N–H and O–H groups in total. The summed E-state index contributed by atoms with van der Waals surface area (Å²) in [5.41, 5.74) is 0. The number of carbonyl (C=O) groups excluding carboxylic acids is 1. The number of nitrogens with one attached hydrogen (secondary N) is 1. The summed E-state index contributed by atoms with van der Waals surface area (Å²) < 4.78 is 5.61. The molecular formula is C13H13ClN2O2S. The van der Waals surface area contributed by atoms with Crippen LogP contribution in [-0.2, 0) is 0 Å². The van der Waals surface area contributed by atoms with Crippen LogP contribution in [0.15, 0.2) is 36.0 Å². The van der Waals surface area contributed by atoms with Crippen LogP contribution in [0.3, 0.4) is 0 Å². The van der Waals surface area contributed by atoms with E-state index < -0.39 is 0 Å². The highest BCUT2D eigenvalue weighted by Crippen LogP contribution is 2.21. The summed E-state index contributed by atoms with van der Waals surface area (Å²) in [7, 11) is 0. The van der Waals surface area contributed by atoms with Crippen molar-refractivity contribution in [2.45, 2.75) is 13.0 Å². The lowest BCUT2D eigenvalue weighted by molar-refractivity contribution is 0.0936. The molecular weight excluding hydrogens is 284 g/mol. The molecule has 0 saturated heterocycles. The van der Waals surface area contributed by atoms with Crippen molar-refractivity contribution in [1.29, 1.82) is 0 Å². The minimum atomic E-state index is -0.179. The van der Waals surface area contributed by atoms with Gasteiger partial charge in [-0.1, -0.05) is 11.6 Å². The SMILES string of the molecule is C[C@@H](CNC(=O)c1sccc1Cl)Oc1cccnc1.